The second kappa shape index (κ2) is 10.8. The molecule has 0 aliphatic heterocycles. The molecule has 3 aromatic carbocycles. The lowest BCUT2D eigenvalue weighted by Gasteiger charge is -2.22. The summed E-state index contributed by atoms with van der Waals surface area (Å²) in [5, 5.41) is 2.78. The Morgan fingerprint density at radius 3 is 2.30 bits per heavy atom. The highest BCUT2D eigenvalue weighted by Crippen LogP contribution is 2.21. The molecule has 9 heteroatoms. The van der Waals surface area contributed by atoms with E-state index in [1.807, 2.05) is 12.1 Å². The van der Waals surface area contributed by atoms with Crippen molar-refractivity contribution in [2.45, 2.75) is 6.54 Å². The van der Waals surface area contributed by atoms with Crippen LogP contribution in [0.1, 0.15) is 15.9 Å². The van der Waals surface area contributed by atoms with Gasteiger partial charge in [-0.1, -0.05) is 18.2 Å². The van der Waals surface area contributed by atoms with Crippen molar-refractivity contribution in [3.63, 3.8) is 0 Å². The van der Waals surface area contributed by atoms with E-state index in [1.165, 1.54) is 28.6 Å². The number of hydrogen-bond donors (Lipinski definition) is 1. The fourth-order valence-electron chi connectivity index (χ4n) is 3.06. The highest BCUT2D eigenvalue weighted by molar-refractivity contribution is 7.92. The number of halogens is 1. The van der Waals surface area contributed by atoms with Crippen molar-refractivity contribution >= 4 is 21.6 Å². The largest absolute Gasteiger partial charge is 0.497 e. The monoisotopic (exact) mass is 472 g/mol. The van der Waals surface area contributed by atoms with Crippen molar-refractivity contribution in [3.8, 4) is 11.5 Å². The summed E-state index contributed by atoms with van der Waals surface area (Å²) in [4.78, 5) is 12.4. The van der Waals surface area contributed by atoms with Crippen LogP contribution in [0.15, 0.2) is 72.8 Å². The number of methoxy groups -OCH3 is 1. The molecule has 0 heterocycles. The quantitative estimate of drug-likeness (QED) is 0.456. The van der Waals surface area contributed by atoms with Gasteiger partial charge in [0.2, 0.25) is 10.0 Å². The maximum absolute atomic E-state index is 13.2. The number of anilines is 1. The average Bonchev–Trinajstić information content (AvgIpc) is 2.80. The summed E-state index contributed by atoms with van der Waals surface area (Å²) in [6.07, 6.45) is 1.09. The third kappa shape index (κ3) is 6.95. The summed E-state index contributed by atoms with van der Waals surface area (Å²) in [5.41, 5.74) is 1.48. The summed E-state index contributed by atoms with van der Waals surface area (Å²) in [5.74, 6) is 0.612. The molecule has 0 bridgehead atoms. The fourth-order valence-corrected chi connectivity index (χ4v) is 3.95. The maximum Gasteiger partial charge on any atom is 0.251 e. The zero-order valence-corrected chi connectivity index (χ0v) is 19.1. The lowest BCUT2D eigenvalue weighted by atomic mass is 10.1. The van der Waals surface area contributed by atoms with Crippen LogP contribution in [0.2, 0.25) is 0 Å². The molecule has 33 heavy (non-hydrogen) atoms. The Bertz CT molecular complexity index is 1180. The van der Waals surface area contributed by atoms with E-state index in [1.54, 1.807) is 43.5 Å². The van der Waals surface area contributed by atoms with Crippen LogP contribution in [0.5, 0.6) is 11.5 Å². The topological polar surface area (TPSA) is 84.9 Å². The molecule has 0 saturated heterocycles. The second-order valence-corrected chi connectivity index (χ2v) is 9.13. The second-order valence-electron chi connectivity index (χ2n) is 7.23. The van der Waals surface area contributed by atoms with Crippen molar-refractivity contribution in [1.82, 2.24) is 5.32 Å². The molecule has 0 radical (unpaired) electrons. The smallest absolute Gasteiger partial charge is 0.251 e. The van der Waals surface area contributed by atoms with Crippen LogP contribution in [0.25, 0.3) is 0 Å². The van der Waals surface area contributed by atoms with Gasteiger partial charge in [-0.2, -0.15) is 0 Å². The molecule has 0 aliphatic carbocycles. The first-order valence-corrected chi connectivity index (χ1v) is 12.0. The van der Waals surface area contributed by atoms with Gasteiger partial charge in [0.15, 0.2) is 0 Å². The van der Waals surface area contributed by atoms with Crippen LogP contribution < -0.4 is 19.1 Å². The number of carbonyl (C=O) groups excluding carboxylic acids is 1. The van der Waals surface area contributed by atoms with Crippen molar-refractivity contribution in [1.29, 1.82) is 0 Å². The number of carbonyl (C=O) groups is 1. The molecular weight excluding hydrogens is 447 g/mol. The number of hydrogen-bond acceptors (Lipinski definition) is 5. The van der Waals surface area contributed by atoms with E-state index in [0.717, 1.165) is 6.26 Å². The minimum atomic E-state index is -3.59. The predicted molar refractivity (Wildman–Crippen MR) is 125 cm³/mol. The molecular formula is C24H25FN2O5S. The van der Waals surface area contributed by atoms with Gasteiger partial charge in [-0.05, 0) is 54.1 Å². The van der Waals surface area contributed by atoms with Gasteiger partial charge >= 0.3 is 0 Å². The van der Waals surface area contributed by atoms with Crippen LogP contribution in [-0.4, -0.2) is 40.8 Å². The minimum absolute atomic E-state index is 0.0563. The molecule has 1 amide bonds. The van der Waals surface area contributed by atoms with E-state index in [-0.39, 0.29) is 19.1 Å². The first-order valence-electron chi connectivity index (χ1n) is 10.1. The van der Waals surface area contributed by atoms with Gasteiger partial charge in [0.1, 0.15) is 23.9 Å². The summed E-state index contributed by atoms with van der Waals surface area (Å²) in [6.45, 7) is 0.656. The zero-order chi connectivity index (χ0) is 23.8. The van der Waals surface area contributed by atoms with Gasteiger partial charge in [-0.25, -0.2) is 12.8 Å². The number of sulfonamides is 1. The molecule has 1 N–H and O–H groups in total. The van der Waals surface area contributed by atoms with Crippen molar-refractivity contribution in [2.75, 3.05) is 30.8 Å². The Morgan fingerprint density at radius 2 is 1.67 bits per heavy atom. The van der Waals surface area contributed by atoms with Gasteiger partial charge in [-0.3, -0.25) is 9.10 Å². The van der Waals surface area contributed by atoms with Crippen LogP contribution in [0.4, 0.5) is 10.1 Å². The van der Waals surface area contributed by atoms with Gasteiger partial charge in [-0.15, -0.1) is 0 Å². The molecule has 7 nitrogen and oxygen atoms in total. The zero-order valence-electron chi connectivity index (χ0n) is 18.3. The number of nitrogens with zero attached hydrogens (tertiary/aromatic N) is 1. The van der Waals surface area contributed by atoms with Crippen molar-refractivity contribution in [2.24, 2.45) is 0 Å². The van der Waals surface area contributed by atoms with Crippen molar-refractivity contribution < 1.29 is 27.1 Å². The molecule has 174 valence electrons. The van der Waals surface area contributed by atoms with Gasteiger partial charge in [0, 0.05) is 11.6 Å². The number of amides is 1. The molecule has 0 atom stereocenters. The summed E-state index contributed by atoms with van der Waals surface area (Å²) in [6, 6.07) is 19.0. The molecule has 3 rings (SSSR count). The number of rotatable bonds is 10. The first kappa shape index (κ1) is 24.1. The normalized spacial score (nSPS) is 11.0. The van der Waals surface area contributed by atoms with E-state index in [9.17, 15) is 17.6 Å². The summed E-state index contributed by atoms with van der Waals surface area (Å²) < 4.78 is 49.6. The van der Waals surface area contributed by atoms with Gasteiger partial charge in [0.25, 0.3) is 5.91 Å². The number of ether oxygens (including phenoxy) is 2. The fraction of sp³-hybridized carbons (Fsp3) is 0.208. The molecule has 0 spiro atoms. The Balaban J connectivity index is 1.56. The van der Waals surface area contributed by atoms with E-state index in [0.29, 0.717) is 34.9 Å². The Hall–Kier alpha value is -3.59. The van der Waals surface area contributed by atoms with E-state index in [4.69, 9.17) is 9.47 Å². The molecule has 3 aromatic rings. The first-order chi connectivity index (χ1) is 15.8. The minimum Gasteiger partial charge on any atom is -0.497 e. The SMILES string of the molecule is COc1cccc(OCCNC(=O)c2ccc(CN(c3ccc(F)cc3)S(C)(=O)=O)cc2)c1. The lowest BCUT2D eigenvalue weighted by molar-refractivity contribution is 0.0947. The van der Waals surface area contributed by atoms with E-state index < -0.39 is 15.8 Å². The number of benzene rings is 3. The third-order valence-corrected chi connectivity index (χ3v) is 5.90. The van der Waals surface area contributed by atoms with E-state index >= 15 is 0 Å². The molecule has 0 saturated carbocycles. The van der Waals surface area contributed by atoms with Crippen molar-refractivity contribution in [3.05, 3.63) is 89.7 Å². The van der Waals surface area contributed by atoms with Gasteiger partial charge < -0.3 is 14.8 Å². The van der Waals surface area contributed by atoms with E-state index in [2.05, 4.69) is 5.32 Å². The van der Waals surface area contributed by atoms with Crippen LogP contribution in [-0.2, 0) is 16.6 Å². The summed E-state index contributed by atoms with van der Waals surface area (Å²) >= 11 is 0. The maximum atomic E-state index is 13.2. The molecule has 0 unspecified atom stereocenters. The van der Waals surface area contributed by atoms with Crippen LogP contribution in [0.3, 0.4) is 0 Å². The summed E-state index contributed by atoms with van der Waals surface area (Å²) in [7, 11) is -2.01. The lowest BCUT2D eigenvalue weighted by Crippen LogP contribution is -2.29. The van der Waals surface area contributed by atoms with Gasteiger partial charge in [0.05, 0.1) is 32.1 Å². The Morgan fingerprint density at radius 1 is 1.00 bits per heavy atom. The highest BCUT2D eigenvalue weighted by Gasteiger charge is 2.18. The number of nitrogens with one attached hydrogen (secondary N) is 1. The Labute approximate surface area is 192 Å². The van der Waals surface area contributed by atoms with Crippen LogP contribution in [0, 0.1) is 5.82 Å². The van der Waals surface area contributed by atoms with Crippen LogP contribution >= 0.6 is 0 Å². The predicted octanol–water partition coefficient (Wildman–Crippen LogP) is 3.61. The average molecular weight is 473 g/mol. The highest BCUT2D eigenvalue weighted by atomic mass is 32.2. The molecule has 0 aliphatic rings. The third-order valence-electron chi connectivity index (χ3n) is 4.75. The molecule has 0 fully saturated rings. The Kier molecular flexibility index (Phi) is 7.89. The standard InChI is InChI=1S/C24H25FN2O5S/c1-31-22-4-3-5-23(16-22)32-15-14-26-24(28)19-8-6-18(7-9-19)17-27(33(2,29)30)21-12-10-20(25)11-13-21/h3-13,16H,14-15,17H2,1-2H3,(H,26,28). The molecule has 0 aromatic heterocycles.